The molecule has 25 heavy (non-hydrogen) atoms. The molecule has 1 aromatic heterocycles. The van der Waals surface area contributed by atoms with Crippen LogP contribution in [0.5, 0.6) is 0 Å². The first-order chi connectivity index (χ1) is 11.8. The van der Waals surface area contributed by atoms with E-state index in [1.54, 1.807) is 24.3 Å². The SMILES string of the molecule is CC(C)C1(C(=O)O)CCN(C(=O)c2ccc(-c3ccccc3F)o2)C1. The first-order valence-electron chi connectivity index (χ1n) is 8.22. The van der Waals surface area contributed by atoms with Crippen LogP contribution in [0.1, 0.15) is 30.8 Å². The number of hydrogen-bond donors (Lipinski definition) is 1. The molecule has 1 aromatic carbocycles. The Labute approximate surface area is 145 Å². The van der Waals surface area contributed by atoms with Gasteiger partial charge in [0, 0.05) is 13.1 Å². The minimum Gasteiger partial charge on any atom is -0.481 e. The second-order valence-corrected chi connectivity index (χ2v) is 6.74. The number of halogens is 1. The quantitative estimate of drug-likeness (QED) is 0.918. The normalized spacial score (nSPS) is 20.2. The Bertz CT molecular complexity index is 813. The third-order valence-electron chi connectivity index (χ3n) is 5.08. The van der Waals surface area contributed by atoms with Crippen molar-refractivity contribution in [3.05, 3.63) is 48.0 Å². The molecule has 2 aromatic rings. The predicted octanol–water partition coefficient (Wildman–Crippen LogP) is 3.66. The Hall–Kier alpha value is -2.63. The van der Waals surface area contributed by atoms with Crippen LogP contribution in [0.4, 0.5) is 4.39 Å². The van der Waals surface area contributed by atoms with Crippen LogP contribution >= 0.6 is 0 Å². The second-order valence-electron chi connectivity index (χ2n) is 6.74. The molecule has 1 atom stereocenters. The van der Waals surface area contributed by atoms with Crippen LogP contribution in [-0.2, 0) is 4.79 Å². The van der Waals surface area contributed by atoms with E-state index in [9.17, 15) is 19.1 Å². The second kappa shape index (κ2) is 6.35. The molecule has 0 spiro atoms. The third-order valence-corrected chi connectivity index (χ3v) is 5.08. The fourth-order valence-electron chi connectivity index (χ4n) is 3.31. The molecular formula is C19H20FNO4. The number of carboxylic acid groups (broad SMARTS) is 1. The summed E-state index contributed by atoms with van der Waals surface area (Å²) in [7, 11) is 0. The molecule has 3 rings (SSSR count). The van der Waals surface area contributed by atoms with E-state index < -0.39 is 17.2 Å². The maximum absolute atomic E-state index is 13.8. The summed E-state index contributed by atoms with van der Waals surface area (Å²) in [5, 5.41) is 9.58. The first kappa shape index (κ1) is 17.2. The number of likely N-dealkylation sites (tertiary alicyclic amines) is 1. The number of carboxylic acids is 1. The number of benzene rings is 1. The predicted molar refractivity (Wildman–Crippen MR) is 89.5 cm³/mol. The van der Waals surface area contributed by atoms with Gasteiger partial charge in [0.1, 0.15) is 11.6 Å². The summed E-state index contributed by atoms with van der Waals surface area (Å²) < 4.78 is 19.4. The fourth-order valence-corrected chi connectivity index (χ4v) is 3.31. The van der Waals surface area contributed by atoms with Crippen molar-refractivity contribution in [2.75, 3.05) is 13.1 Å². The molecule has 1 amide bonds. The van der Waals surface area contributed by atoms with E-state index >= 15 is 0 Å². The van der Waals surface area contributed by atoms with Crippen molar-refractivity contribution in [1.82, 2.24) is 4.90 Å². The fraction of sp³-hybridized carbons (Fsp3) is 0.368. The van der Waals surface area contributed by atoms with E-state index in [1.165, 1.54) is 17.0 Å². The lowest BCUT2D eigenvalue weighted by molar-refractivity contribution is -0.150. The van der Waals surface area contributed by atoms with Crippen molar-refractivity contribution in [1.29, 1.82) is 0 Å². The van der Waals surface area contributed by atoms with Crippen LogP contribution in [0.25, 0.3) is 11.3 Å². The molecule has 6 heteroatoms. The highest BCUT2D eigenvalue weighted by atomic mass is 19.1. The first-order valence-corrected chi connectivity index (χ1v) is 8.22. The van der Waals surface area contributed by atoms with Gasteiger partial charge in [-0.15, -0.1) is 0 Å². The van der Waals surface area contributed by atoms with Gasteiger partial charge in [-0.2, -0.15) is 0 Å². The Kier molecular flexibility index (Phi) is 4.37. The van der Waals surface area contributed by atoms with E-state index in [0.717, 1.165) is 0 Å². The molecule has 5 nitrogen and oxygen atoms in total. The van der Waals surface area contributed by atoms with Gasteiger partial charge < -0.3 is 14.4 Å². The van der Waals surface area contributed by atoms with Crippen LogP contribution in [0, 0.1) is 17.2 Å². The van der Waals surface area contributed by atoms with Crippen molar-refractivity contribution >= 4 is 11.9 Å². The van der Waals surface area contributed by atoms with Gasteiger partial charge >= 0.3 is 5.97 Å². The largest absolute Gasteiger partial charge is 0.481 e. The van der Waals surface area contributed by atoms with Crippen LogP contribution in [0.2, 0.25) is 0 Å². The zero-order valence-corrected chi connectivity index (χ0v) is 14.2. The molecule has 0 radical (unpaired) electrons. The van der Waals surface area contributed by atoms with Gasteiger partial charge in [0.25, 0.3) is 5.91 Å². The number of furan rings is 1. The summed E-state index contributed by atoms with van der Waals surface area (Å²) >= 11 is 0. The Balaban J connectivity index is 1.82. The van der Waals surface area contributed by atoms with Crippen LogP contribution < -0.4 is 0 Å². The van der Waals surface area contributed by atoms with Crippen molar-refractivity contribution in [3.63, 3.8) is 0 Å². The third kappa shape index (κ3) is 2.92. The highest BCUT2D eigenvalue weighted by Gasteiger charge is 2.48. The zero-order valence-electron chi connectivity index (χ0n) is 14.2. The number of nitrogens with zero attached hydrogens (tertiary/aromatic N) is 1. The van der Waals surface area contributed by atoms with Gasteiger partial charge in [-0.25, -0.2) is 4.39 Å². The van der Waals surface area contributed by atoms with Crippen LogP contribution in [-0.4, -0.2) is 35.0 Å². The molecule has 1 aliphatic rings. The highest BCUT2D eigenvalue weighted by Crippen LogP contribution is 2.39. The van der Waals surface area contributed by atoms with Gasteiger partial charge in [-0.3, -0.25) is 9.59 Å². The molecule has 2 heterocycles. The smallest absolute Gasteiger partial charge is 0.311 e. The Morgan fingerprint density at radius 3 is 2.56 bits per heavy atom. The molecule has 0 saturated carbocycles. The van der Waals surface area contributed by atoms with Crippen LogP contribution in [0.3, 0.4) is 0 Å². The van der Waals surface area contributed by atoms with Crippen molar-refractivity contribution < 1.29 is 23.5 Å². The van der Waals surface area contributed by atoms with E-state index in [4.69, 9.17) is 4.42 Å². The van der Waals surface area contributed by atoms with Crippen molar-refractivity contribution in [2.24, 2.45) is 11.3 Å². The topological polar surface area (TPSA) is 70.8 Å². The van der Waals surface area contributed by atoms with Gasteiger partial charge in [-0.1, -0.05) is 26.0 Å². The summed E-state index contributed by atoms with van der Waals surface area (Å²) in [5.41, 5.74) is -0.651. The zero-order chi connectivity index (χ0) is 18.2. The summed E-state index contributed by atoms with van der Waals surface area (Å²) in [6.45, 7) is 4.21. The average Bonchev–Trinajstić information content (AvgIpc) is 3.23. The Morgan fingerprint density at radius 2 is 1.96 bits per heavy atom. The highest BCUT2D eigenvalue weighted by molar-refractivity contribution is 5.93. The van der Waals surface area contributed by atoms with Crippen molar-refractivity contribution in [2.45, 2.75) is 20.3 Å². The van der Waals surface area contributed by atoms with Gasteiger partial charge in [0.2, 0.25) is 0 Å². The number of carbonyl (C=O) groups excluding carboxylic acids is 1. The lowest BCUT2D eigenvalue weighted by Crippen LogP contribution is -2.40. The molecule has 1 fully saturated rings. The molecule has 1 aliphatic heterocycles. The molecule has 1 N–H and O–H groups in total. The molecule has 0 bridgehead atoms. The number of hydrogen-bond acceptors (Lipinski definition) is 3. The van der Waals surface area contributed by atoms with E-state index in [1.807, 2.05) is 13.8 Å². The molecular weight excluding hydrogens is 325 g/mol. The Morgan fingerprint density at radius 1 is 1.24 bits per heavy atom. The maximum atomic E-state index is 13.8. The van der Waals surface area contributed by atoms with Gasteiger partial charge in [0.05, 0.1) is 11.0 Å². The van der Waals surface area contributed by atoms with E-state index in [0.29, 0.717) is 13.0 Å². The number of amides is 1. The maximum Gasteiger partial charge on any atom is 0.311 e. The average molecular weight is 345 g/mol. The van der Waals surface area contributed by atoms with Crippen LogP contribution in [0.15, 0.2) is 40.8 Å². The summed E-state index contributed by atoms with van der Waals surface area (Å²) in [4.78, 5) is 25.8. The lowest BCUT2D eigenvalue weighted by Gasteiger charge is -2.28. The van der Waals surface area contributed by atoms with Crippen molar-refractivity contribution in [3.8, 4) is 11.3 Å². The molecule has 132 valence electrons. The minimum absolute atomic E-state index is 0.0863. The molecule has 1 saturated heterocycles. The lowest BCUT2D eigenvalue weighted by atomic mass is 9.76. The summed E-state index contributed by atoms with van der Waals surface area (Å²) in [5.74, 6) is -1.41. The summed E-state index contributed by atoms with van der Waals surface area (Å²) in [6.07, 6.45) is 0.409. The number of carbonyl (C=O) groups is 2. The molecule has 1 unspecified atom stereocenters. The minimum atomic E-state index is -0.934. The molecule has 0 aliphatic carbocycles. The summed E-state index contributed by atoms with van der Waals surface area (Å²) in [6, 6.07) is 9.22. The number of aliphatic carboxylic acids is 1. The standard InChI is InChI=1S/C19H20FNO4/c1-12(2)19(18(23)24)9-10-21(11-19)17(22)16-8-7-15(25-16)13-5-3-4-6-14(13)20/h3-8,12H,9-11H2,1-2H3,(H,23,24). The van der Waals surface area contributed by atoms with E-state index in [2.05, 4.69) is 0 Å². The monoisotopic (exact) mass is 345 g/mol. The van der Waals surface area contributed by atoms with Gasteiger partial charge in [-0.05, 0) is 36.6 Å². The van der Waals surface area contributed by atoms with Gasteiger partial charge in [0.15, 0.2) is 5.76 Å². The number of rotatable bonds is 4. The van der Waals surface area contributed by atoms with E-state index in [-0.39, 0.29) is 35.5 Å².